The van der Waals surface area contributed by atoms with Gasteiger partial charge >= 0.3 is 0 Å². The van der Waals surface area contributed by atoms with Gasteiger partial charge in [0.05, 0.1) is 0 Å². The summed E-state index contributed by atoms with van der Waals surface area (Å²) in [5, 5.41) is 17.5. The van der Waals surface area contributed by atoms with Gasteiger partial charge in [-0.1, -0.05) is 20.8 Å². The number of hydrogen-bond acceptors (Lipinski definition) is 4. The zero-order chi connectivity index (χ0) is 13.1. The molecule has 1 atom stereocenters. The molecule has 0 radical (unpaired) electrons. The number of carbonyl (C=O) groups excluding carboxylic acids is 1. The second-order valence-electron chi connectivity index (χ2n) is 5.73. The normalized spacial score (nSPS) is 15.3. The van der Waals surface area contributed by atoms with Gasteiger partial charge in [-0.25, -0.2) is 0 Å². The van der Waals surface area contributed by atoms with Crippen molar-refractivity contribution in [3.63, 3.8) is 0 Å². The summed E-state index contributed by atoms with van der Waals surface area (Å²) in [6, 6.07) is 0. The van der Waals surface area contributed by atoms with Gasteiger partial charge in [0.25, 0.3) is 0 Å². The molecule has 0 bridgehead atoms. The van der Waals surface area contributed by atoms with Gasteiger partial charge in [0.15, 0.2) is 14.1 Å². The Hall–Kier alpha value is -0.233. The van der Waals surface area contributed by atoms with Gasteiger partial charge < -0.3 is 14.6 Å². The number of aliphatic hydroxyl groups is 2. The van der Waals surface area contributed by atoms with Crippen LogP contribution in [0.2, 0.25) is 18.1 Å². The Morgan fingerprint density at radius 1 is 1.31 bits per heavy atom. The zero-order valence-electron chi connectivity index (χ0n) is 11.1. The number of Topliss-reactive ketones (excluding diaryl/α,β-unsaturated/α-hetero) is 1. The number of hydrogen-bond donors (Lipinski definition) is 2. The summed E-state index contributed by atoms with van der Waals surface area (Å²) in [6.07, 6.45) is -2.11. The predicted octanol–water partition coefficient (Wildman–Crippen LogP) is 1.67. The van der Waals surface area contributed by atoms with Crippen molar-refractivity contribution < 1.29 is 19.4 Å². The van der Waals surface area contributed by atoms with Crippen molar-refractivity contribution in [2.75, 3.05) is 0 Å². The Balaban J connectivity index is 4.35. The second-order valence-corrected chi connectivity index (χ2v) is 10.5. The van der Waals surface area contributed by atoms with Crippen LogP contribution in [0.5, 0.6) is 0 Å². The third kappa shape index (κ3) is 4.74. The van der Waals surface area contributed by atoms with Crippen LogP contribution in [0.25, 0.3) is 0 Å². The SMILES string of the molecule is C[C@@H](CC(=O)C(O)O)O[Si](C)(C)C(C)(C)C. The van der Waals surface area contributed by atoms with Crippen LogP contribution in [-0.4, -0.2) is 36.7 Å². The lowest BCUT2D eigenvalue weighted by Gasteiger charge is -2.38. The maximum absolute atomic E-state index is 11.1. The van der Waals surface area contributed by atoms with E-state index in [4.69, 9.17) is 14.6 Å². The highest BCUT2D eigenvalue weighted by molar-refractivity contribution is 6.74. The Labute approximate surface area is 98.8 Å². The van der Waals surface area contributed by atoms with E-state index in [1.807, 2.05) is 0 Å². The summed E-state index contributed by atoms with van der Waals surface area (Å²) >= 11 is 0. The minimum Gasteiger partial charge on any atom is -0.414 e. The molecule has 0 fully saturated rings. The fourth-order valence-electron chi connectivity index (χ4n) is 1.11. The Morgan fingerprint density at radius 3 is 2.06 bits per heavy atom. The maximum Gasteiger partial charge on any atom is 0.212 e. The van der Waals surface area contributed by atoms with Crippen LogP contribution >= 0.6 is 0 Å². The largest absolute Gasteiger partial charge is 0.414 e. The van der Waals surface area contributed by atoms with E-state index in [-0.39, 0.29) is 17.6 Å². The van der Waals surface area contributed by atoms with E-state index in [2.05, 4.69) is 33.9 Å². The molecule has 0 spiro atoms. The number of rotatable bonds is 5. The van der Waals surface area contributed by atoms with Gasteiger partial charge in [-0.2, -0.15) is 0 Å². The van der Waals surface area contributed by atoms with E-state index in [9.17, 15) is 4.79 Å². The lowest BCUT2D eigenvalue weighted by atomic mass is 10.2. The quantitative estimate of drug-likeness (QED) is 0.573. The molecular weight excluding hydrogens is 224 g/mol. The van der Waals surface area contributed by atoms with E-state index in [0.717, 1.165) is 0 Å². The predicted molar refractivity (Wildman–Crippen MR) is 65.6 cm³/mol. The third-order valence-corrected chi connectivity index (χ3v) is 7.68. The Morgan fingerprint density at radius 2 is 1.75 bits per heavy atom. The summed E-state index contributed by atoms with van der Waals surface area (Å²) in [5.74, 6) is -0.591. The molecule has 4 nitrogen and oxygen atoms in total. The van der Waals surface area contributed by atoms with Crippen molar-refractivity contribution in [2.45, 2.75) is 64.6 Å². The monoisotopic (exact) mass is 248 g/mol. The van der Waals surface area contributed by atoms with Crippen LogP contribution in [0.3, 0.4) is 0 Å². The first kappa shape index (κ1) is 15.8. The molecule has 0 unspecified atom stereocenters. The molecule has 0 aromatic carbocycles. The fourth-order valence-corrected chi connectivity index (χ4v) is 2.55. The van der Waals surface area contributed by atoms with Crippen LogP contribution in [0, 0.1) is 0 Å². The van der Waals surface area contributed by atoms with E-state index in [1.165, 1.54) is 0 Å². The van der Waals surface area contributed by atoms with Gasteiger partial charge in [-0.15, -0.1) is 0 Å². The molecule has 0 aromatic heterocycles. The third-order valence-electron chi connectivity index (χ3n) is 3.08. The molecule has 5 heteroatoms. The first-order valence-electron chi connectivity index (χ1n) is 5.54. The van der Waals surface area contributed by atoms with E-state index in [1.54, 1.807) is 6.92 Å². The molecule has 0 heterocycles. The van der Waals surface area contributed by atoms with Crippen molar-refractivity contribution in [1.82, 2.24) is 0 Å². The topological polar surface area (TPSA) is 66.8 Å². The number of carbonyl (C=O) groups is 1. The molecule has 0 aliphatic heterocycles. The highest BCUT2D eigenvalue weighted by Gasteiger charge is 2.38. The molecular formula is C11H24O4Si. The van der Waals surface area contributed by atoms with Crippen molar-refractivity contribution in [3.8, 4) is 0 Å². The standard InChI is InChI=1S/C11H24O4Si/c1-8(7-9(12)10(13)14)15-16(5,6)11(2,3)4/h8,10,13-14H,7H2,1-6H3/t8-/m0/s1. The highest BCUT2D eigenvalue weighted by atomic mass is 28.4. The van der Waals surface area contributed by atoms with E-state index in [0.29, 0.717) is 0 Å². The van der Waals surface area contributed by atoms with Gasteiger partial charge in [0.1, 0.15) is 0 Å². The second kappa shape index (κ2) is 5.40. The van der Waals surface area contributed by atoms with E-state index < -0.39 is 20.4 Å². The number of aliphatic hydroxyl groups excluding tert-OH is 1. The summed E-state index contributed by atoms with van der Waals surface area (Å²) in [7, 11) is -1.89. The van der Waals surface area contributed by atoms with Crippen LogP contribution in [0.4, 0.5) is 0 Å². The molecule has 0 aromatic rings. The molecule has 0 aliphatic carbocycles. The molecule has 0 aliphatic rings. The lowest BCUT2D eigenvalue weighted by Crippen LogP contribution is -2.44. The van der Waals surface area contributed by atoms with Crippen molar-refractivity contribution >= 4 is 14.1 Å². The Kier molecular flexibility index (Phi) is 5.32. The van der Waals surface area contributed by atoms with Crippen LogP contribution in [0.15, 0.2) is 0 Å². The molecule has 16 heavy (non-hydrogen) atoms. The molecule has 0 saturated carbocycles. The smallest absolute Gasteiger partial charge is 0.212 e. The van der Waals surface area contributed by atoms with Crippen LogP contribution in [0.1, 0.15) is 34.1 Å². The van der Waals surface area contributed by atoms with Crippen molar-refractivity contribution in [2.24, 2.45) is 0 Å². The van der Waals surface area contributed by atoms with Gasteiger partial charge in [0.2, 0.25) is 6.29 Å². The van der Waals surface area contributed by atoms with Gasteiger partial charge in [0, 0.05) is 12.5 Å². The molecule has 96 valence electrons. The summed E-state index contributed by atoms with van der Waals surface area (Å²) < 4.78 is 5.92. The minimum absolute atomic E-state index is 0.0458. The average molecular weight is 248 g/mol. The van der Waals surface area contributed by atoms with Gasteiger partial charge in [-0.3, -0.25) is 4.79 Å². The first-order valence-corrected chi connectivity index (χ1v) is 8.45. The highest BCUT2D eigenvalue weighted by Crippen LogP contribution is 2.37. The minimum atomic E-state index is -1.89. The Bertz CT molecular complexity index is 243. The first-order chi connectivity index (χ1) is 6.97. The van der Waals surface area contributed by atoms with Crippen molar-refractivity contribution in [1.29, 1.82) is 0 Å². The maximum atomic E-state index is 11.1. The van der Waals surface area contributed by atoms with Crippen LogP contribution in [-0.2, 0) is 9.22 Å². The van der Waals surface area contributed by atoms with Crippen LogP contribution < -0.4 is 0 Å². The molecule has 0 saturated heterocycles. The lowest BCUT2D eigenvalue weighted by molar-refractivity contribution is -0.146. The van der Waals surface area contributed by atoms with E-state index >= 15 is 0 Å². The summed E-state index contributed by atoms with van der Waals surface area (Å²) in [6.45, 7) is 12.4. The van der Waals surface area contributed by atoms with Gasteiger partial charge in [-0.05, 0) is 25.1 Å². The fraction of sp³-hybridized carbons (Fsp3) is 0.909. The zero-order valence-corrected chi connectivity index (χ0v) is 12.1. The van der Waals surface area contributed by atoms with Crippen molar-refractivity contribution in [3.05, 3.63) is 0 Å². The number of ketones is 1. The average Bonchev–Trinajstić information content (AvgIpc) is 1.99. The summed E-state index contributed by atoms with van der Waals surface area (Å²) in [4.78, 5) is 11.1. The summed E-state index contributed by atoms with van der Waals surface area (Å²) in [5.41, 5.74) is 0. The molecule has 0 rings (SSSR count). The molecule has 2 N–H and O–H groups in total. The molecule has 0 amide bonds.